The SMILES string of the molecule is CCC(CC)(CBr)Cn1cc([N+](=O)[O-])ccc1=O. The van der Waals surface area contributed by atoms with Gasteiger partial charge < -0.3 is 4.57 Å². The smallest absolute Gasteiger partial charge is 0.285 e. The molecule has 0 N–H and O–H groups in total. The van der Waals surface area contributed by atoms with Crippen LogP contribution in [0.25, 0.3) is 0 Å². The number of hydrogen-bond acceptors (Lipinski definition) is 3. The van der Waals surface area contributed by atoms with Crippen LogP contribution in [0.1, 0.15) is 26.7 Å². The Kier molecular flexibility index (Phi) is 5.07. The van der Waals surface area contributed by atoms with E-state index in [-0.39, 0.29) is 16.7 Å². The van der Waals surface area contributed by atoms with Gasteiger partial charge in [0.05, 0.1) is 11.1 Å². The number of aromatic nitrogens is 1. The molecule has 0 bridgehead atoms. The van der Waals surface area contributed by atoms with Gasteiger partial charge in [-0.1, -0.05) is 29.8 Å². The summed E-state index contributed by atoms with van der Waals surface area (Å²) in [6.07, 6.45) is 3.14. The lowest BCUT2D eigenvalue weighted by atomic mass is 9.84. The summed E-state index contributed by atoms with van der Waals surface area (Å²) in [6, 6.07) is 2.50. The molecule has 0 aliphatic heterocycles. The fraction of sp³-hybridized carbons (Fsp3) is 0.583. The maximum Gasteiger partial charge on any atom is 0.285 e. The molecule has 0 fully saturated rings. The van der Waals surface area contributed by atoms with Crippen molar-refractivity contribution in [3.63, 3.8) is 0 Å². The Balaban J connectivity index is 3.13. The Labute approximate surface area is 114 Å². The van der Waals surface area contributed by atoms with E-state index in [1.807, 2.05) is 0 Å². The highest BCUT2D eigenvalue weighted by Crippen LogP contribution is 2.30. The van der Waals surface area contributed by atoms with Crippen molar-refractivity contribution in [1.82, 2.24) is 4.57 Å². The largest absolute Gasteiger partial charge is 0.308 e. The summed E-state index contributed by atoms with van der Waals surface area (Å²) in [7, 11) is 0. The van der Waals surface area contributed by atoms with E-state index in [0.717, 1.165) is 18.2 Å². The predicted molar refractivity (Wildman–Crippen MR) is 74.2 cm³/mol. The molecule has 0 saturated heterocycles. The van der Waals surface area contributed by atoms with Gasteiger partial charge in [-0.3, -0.25) is 14.9 Å². The van der Waals surface area contributed by atoms with Crippen LogP contribution in [0, 0.1) is 15.5 Å². The lowest BCUT2D eigenvalue weighted by molar-refractivity contribution is -0.385. The van der Waals surface area contributed by atoms with Crippen molar-refractivity contribution >= 4 is 21.6 Å². The van der Waals surface area contributed by atoms with E-state index in [1.54, 1.807) is 0 Å². The zero-order valence-corrected chi connectivity index (χ0v) is 12.1. The van der Waals surface area contributed by atoms with E-state index >= 15 is 0 Å². The monoisotopic (exact) mass is 316 g/mol. The highest BCUT2D eigenvalue weighted by Gasteiger charge is 2.26. The average molecular weight is 317 g/mol. The third-order valence-electron chi connectivity index (χ3n) is 3.47. The molecular weight excluding hydrogens is 300 g/mol. The first-order valence-corrected chi connectivity index (χ1v) is 7.01. The second kappa shape index (κ2) is 6.13. The van der Waals surface area contributed by atoms with Crippen LogP contribution in [0.15, 0.2) is 23.1 Å². The molecule has 0 unspecified atom stereocenters. The standard InChI is InChI=1S/C12H17BrN2O3/c1-3-12(4-2,8-13)9-14-7-10(15(17)18)5-6-11(14)16/h5-7H,3-4,8-9H2,1-2H3. The van der Waals surface area contributed by atoms with E-state index in [1.165, 1.54) is 22.9 Å². The van der Waals surface area contributed by atoms with Crippen molar-refractivity contribution in [1.29, 1.82) is 0 Å². The van der Waals surface area contributed by atoms with E-state index in [2.05, 4.69) is 29.8 Å². The predicted octanol–water partition coefficient (Wildman–Crippen LogP) is 2.96. The number of alkyl halides is 1. The topological polar surface area (TPSA) is 65.1 Å². The molecule has 1 heterocycles. The number of pyridine rings is 1. The third-order valence-corrected chi connectivity index (χ3v) is 4.66. The van der Waals surface area contributed by atoms with Crippen molar-refractivity contribution in [3.8, 4) is 0 Å². The Hall–Kier alpha value is -1.17. The zero-order chi connectivity index (χ0) is 13.8. The number of rotatable bonds is 6. The molecule has 0 amide bonds. The molecule has 0 atom stereocenters. The van der Waals surface area contributed by atoms with E-state index in [4.69, 9.17) is 0 Å². The van der Waals surface area contributed by atoms with E-state index < -0.39 is 4.92 Å². The van der Waals surface area contributed by atoms with Crippen molar-refractivity contribution < 1.29 is 4.92 Å². The fourth-order valence-electron chi connectivity index (χ4n) is 1.82. The Morgan fingerprint density at radius 3 is 2.44 bits per heavy atom. The van der Waals surface area contributed by atoms with Gasteiger partial charge in [0.1, 0.15) is 0 Å². The zero-order valence-electron chi connectivity index (χ0n) is 10.6. The molecule has 0 radical (unpaired) electrons. The average Bonchev–Trinajstić information content (AvgIpc) is 2.38. The Morgan fingerprint density at radius 1 is 1.39 bits per heavy atom. The number of nitro groups is 1. The molecule has 0 spiro atoms. The van der Waals surface area contributed by atoms with Crippen LogP contribution in [0.5, 0.6) is 0 Å². The molecular formula is C12H17BrN2O3. The third kappa shape index (κ3) is 3.19. The molecule has 18 heavy (non-hydrogen) atoms. The van der Waals surface area contributed by atoms with Gasteiger partial charge in [0.15, 0.2) is 0 Å². The fourth-order valence-corrected chi connectivity index (χ4v) is 2.79. The van der Waals surface area contributed by atoms with Crippen molar-refractivity contribution in [3.05, 3.63) is 38.8 Å². The van der Waals surface area contributed by atoms with Crippen molar-refractivity contribution in [2.24, 2.45) is 5.41 Å². The minimum Gasteiger partial charge on any atom is -0.308 e. The molecule has 1 aromatic rings. The van der Waals surface area contributed by atoms with Crippen LogP contribution in [0.2, 0.25) is 0 Å². The molecule has 5 nitrogen and oxygen atoms in total. The first-order chi connectivity index (χ1) is 8.48. The van der Waals surface area contributed by atoms with Crippen LogP contribution in [-0.4, -0.2) is 14.8 Å². The lowest BCUT2D eigenvalue weighted by Gasteiger charge is -2.30. The van der Waals surface area contributed by atoms with Crippen molar-refractivity contribution in [2.75, 3.05) is 5.33 Å². The Bertz CT molecular complexity index is 472. The van der Waals surface area contributed by atoms with E-state index in [9.17, 15) is 14.9 Å². The highest BCUT2D eigenvalue weighted by atomic mass is 79.9. The number of halogens is 1. The lowest BCUT2D eigenvalue weighted by Crippen LogP contribution is -2.32. The van der Waals surface area contributed by atoms with Gasteiger partial charge in [0.25, 0.3) is 11.2 Å². The normalized spacial score (nSPS) is 11.5. The van der Waals surface area contributed by atoms with Gasteiger partial charge in [-0.2, -0.15) is 0 Å². The van der Waals surface area contributed by atoms with Crippen LogP contribution in [0.4, 0.5) is 5.69 Å². The first-order valence-electron chi connectivity index (χ1n) is 5.89. The second-order valence-electron chi connectivity index (χ2n) is 4.45. The first kappa shape index (κ1) is 14.9. The minimum atomic E-state index is -0.482. The van der Waals surface area contributed by atoms with Crippen LogP contribution in [0.3, 0.4) is 0 Å². The molecule has 6 heteroatoms. The van der Waals surface area contributed by atoms with Crippen molar-refractivity contribution in [2.45, 2.75) is 33.2 Å². The molecule has 0 aliphatic rings. The minimum absolute atomic E-state index is 0.0426. The summed E-state index contributed by atoms with van der Waals surface area (Å²) in [5, 5.41) is 11.5. The molecule has 0 aliphatic carbocycles. The second-order valence-corrected chi connectivity index (χ2v) is 5.01. The van der Waals surface area contributed by atoms with Gasteiger partial charge in [-0.25, -0.2) is 0 Å². The molecule has 0 saturated carbocycles. The van der Waals surface area contributed by atoms with Crippen LogP contribution in [-0.2, 0) is 6.54 Å². The summed E-state index contributed by atoms with van der Waals surface area (Å²) in [4.78, 5) is 22.0. The van der Waals surface area contributed by atoms with Gasteiger partial charge in [0, 0.05) is 24.0 Å². The summed E-state index contributed by atoms with van der Waals surface area (Å²) < 4.78 is 1.44. The maximum absolute atomic E-state index is 11.7. The van der Waals surface area contributed by atoms with Gasteiger partial charge in [-0.05, 0) is 18.3 Å². The number of hydrogen-bond donors (Lipinski definition) is 0. The summed E-state index contributed by atoms with van der Waals surface area (Å²) >= 11 is 3.47. The van der Waals surface area contributed by atoms with Gasteiger partial charge >= 0.3 is 0 Å². The maximum atomic E-state index is 11.7. The molecule has 1 aromatic heterocycles. The van der Waals surface area contributed by atoms with E-state index in [0.29, 0.717) is 6.54 Å². The van der Waals surface area contributed by atoms with Gasteiger partial charge in [0.2, 0.25) is 0 Å². The van der Waals surface area contributed by atoms with Crippen LogP contribution < -0.4 is 5.56 Å². The molecule has 1 rings (SSSR count). The molecule has 0 aromatic carbocycles. The Morgan fingerprint density at radius 2 is 2.00 bits per heavy atom. The molecule has 100 valence electrons. The number of nitrogens with zero attached hydrogens (tertiary/aromatic N) is 2. The summed E-state index contributed by atoms with van der Waals surface area (Å²) in [5.41, 5.74) is -0.294. The highest BCUT2D eigenvalue weighted by molar-refractivity contribution is 9.09. The van der Waals surface area contributed by atoms with Crippen LogP contribution >= 0.6 is 15.9 Å². The summed E-state index contributed by atoms with van der Waals surface area (Å²) in [5.74, 6) is 0. The quantitative estimate of drug-likeness (QED) is 0.460. The van der Waals surface area contributed by atoms with Gasteiger partial charge in [-0.15, -0.1) is 0 Å². The summed E-state index contributed by atoms with van der Waals surface area (Å²) in [6.45, 7) is 4.62.